The van der Waals surface area contributed by atoms with Crippen molar-refractivity contribution < 1.29 is 4.57 Å². The van der Waals surface area contributed by atoms with Crippen molar-refractivity contribution in [2.45, 2.75) is 49.6 Å². The normalized spacial score (nSPS) is 35.0. The number of aromatic nitrogens is 2. The summed E-state index contributed by atoms with van der Waals surface area (Å²) in [5.41, 5.74) is 3.80. The van der Waals surface area contributed by atoms with E-state index in [9.17, 15) is 0 Å². The maximum Gasteiger partial charge on any atom is 0.277 e. The Morgan fingerprint density at radius 3 is 2.64 bits per heavy atom. The fraction of sp³-hybridized carbons (Fsp3) is 0.526. The molecule has 1 saturated carbocycles. The Balaban J connectivity index is 1.80. The molecule has 114 valence electrons. The van der Waals surface area contributed by atoms with E-state index in [1.807, 2.05) is 0 Å². The molecule has 5 heterocycles. The zero-order valence-corrected chi connectivity index (χ0v) is 13.7. The SMILES string of the molecule is CC1N(c2cccc[n+]2C)C23CCC1(CC2)c1c3ccn1C. The van der Waals surface area contributed by atoms with Gasteiger partial charge in [-0.1, -0.05) is 6.07 Å². The fourth-order valence-corrected chi connectivity index (χ4v) is 5.93. The molecule has 0 spiro atoms. The van der Waals surface area contributed by atoms with E-state index in [1.54, 1.807) is 11.3 Å². The number of piperidine rings is 2. The van der Waals surface area contributed by atoms with Crippen LogP contribution >= 0.6 is 0 Å². The first kappa shape index (κ1) is 12.7. The summed E-state index contributed by atoms with van der Waals surface area (Å²) in [6.07, 6.45) is 9.79. The number of hydrogen-bond donors (Lipinski definition) is 0. The van der Waals surface area contributed by atoms with Crippen molar-refractivity contribution in [2.75, 3.05) is 4.90 Å². The molecule has 22 heavy (non-hydrogen) atoms. The van der Waals surface area contributed by atoms with Gasteiger partial charge in [-0.15, -0.1) is 0 Å². The lowest BCUT2D eigenvalue weighted by Crippen LogP contribution is -2.73. The molecule has 3 aliphatic heterocycles. The largest absolute Gasteiger partial charge is 0.353 e. The maximum absolute atomic E-state index is 2.75. The van der Waals surface area contributed by atoms with Crippen LogP contribution in [0.5, 0.6) is 0 Å². The minimum absolute atomic E-state index is 0.217. The van der Waals surface area contributed by atoms with Crippen LogP contribution in [0.3, 0.4) is 0 Å². The number of nitrogens with zero attached hydrogens (tertiary/aromatic N) is 3. The van der Waals surface area contributed by atoms with E-state index in [2.05, 4.69) is 71.7 Å². The van der Waals surface area contributed by atoms with Gasteiger partial charge >= 0.3 is 0 Å². The van der Waals surface area contributed by atoms with Crippen LogP contribution in [0.15, 0.2) is 36.7 Å². The van der Waals surface area contributed by atoms with Gasteiger partial charge in [-0.05, 0) is 44.7 Å². The molecule has 0 amide bonds. The first-order valence-corrected chi connectivity index (χ1v) is 8.50. The van der Waals surface area contributed by atoms with Crippen molar-refractivity contribution in [3.05, 3.63) is 47.9 Å². The predicted molar refractivity (Wildman–Crippen MR) is 86.8 cm³/mol. The number of aryl methyl sites for hydroxylation is 2. The first-order valence-electron chi connectivity index (χ1n) is 8.50. The molecule has 3 aliphatic carbocycles. The molecule has 2 saturated heterocycles. The average molecular weight is 294 g/mol. The van der Waals surface area contributed by atoms with Crippen molar-refractivity contribution in [1.82, 2.24) is 4.57 Å². The number of rotatable bonds is 1. The molecule has 2 aromatic rings. The van der Waals surface area contributed by atoms with Gasteiger partial charge in [0.15, 0.2) is 0 Å². The van der Waals surface area contributed by atoms with Gasteiger partial charge in [-0.2, -0.15) is 0 Å². The summed E-state index contributed by atoms with van der Waals surface area (Å²) in [6, 6.07) is 9.56. The van der Waals surface area contributed by atoms with Gasteiger partial charge in [0.1, 0.15) is 11.6 Å². The first-order chi connectivity index (χ1) is 10.6. The van der Waals surface area contributed by atoms with Crippen molar-refractivity contribution in [1.29, 1.82) is 0 Å². The van der Waals surface area contributed by atoms with Gasteiger partial charge < -0.3 is 4.57 Å². The summed E-state index contributed by atoms with van der Waals surface area (Å²) in [4.78, 5) is 2.75. The number of hydrogen-bond acceptors (Lipinski definition) is 1. The molecule has 3 nitrogen and oxygen atoms in total. The summed E-state index contributed by atoms with van der Waals surface area (Å²) >= 11 is 0. The van der Waals surface area contributed by atoms with Crippen LogP contribution in [0, 0.1) is 0 Å². The zero-order chi connectivity index (χ0) is 15.1. The second kappa shape index (κ2) is 3.76. The van der Waals surface area contributed by atoms with Crippen LogP contribution in [-0.4, -0.2) is 10.6 Å². The molecule has 2 bridgehead atoms. The van der Waals surface area contributed by atoms with Crippen LogP contribution in [0.2, 0.25) is 0 Å². The Morgan fingerprint density at radius 2 is 1.91 bits per heavy atom. The van der Waals surface area contributed by atoms with Crippen LogP contribution in [0.4, 0.5) is 5.82 Å². The number of anilines is 1. The van der Waals surface area contributed by atoms with Crippen LogP contribution in [-0.2, 0) is 25.0 Å². The molecule has 3 heteroatoms. The third-order valence-electron chi connectivity index (χ3n) is 6.94. The zero-order valence-electron chi connectivity index (χ0n) is 13.7. The Bertz CT molecular complexity index is 765. The molecule has 1 unspecified atom stereocenters. The minimum Gasteiger partial charge on any atom is -0.353 e. The minimum atomic E-state index is 0.217. The van der Waals surface area contributed by atoms with Crippen molar-refractivity contribution >= 4 is 5.82 Å². The molecule has 1 atom stereocenters. The molecule has 0 aromatic carbocycles. The molecule has 6 aliphatic rings. The van der Waals surface area contributed by atoms with Crippen LogP contribution in [0.1, 0.15) is 43.9 Å². The van der Waals surface area contributed by atoms with E-state index in [-0.39, 0.29) is 5.54 Å². The summed E-state index contributed by atoms with van der Waals surface area (Å²) < 4.78 is 4.70. The third-order valence-corrected chi connectivity index (χ3v) is 6.94. The van der Waals surface area contributed by atoms with E-state index in [4.69, 9.17) is 0 Å². The van der Waals surface area contributed by atoms with Gasteiger partial charge in [0.05, 0.1) is 18.7 Å². The van der Waals surface area contributed by atoms with Gasteiger partial charge in [0.25, 0.3) is 5.82 Å². The Hall–Kier alpha value is -1.77. The van der Waals surface area contributed by atoms with Crippen molar-refractivity contribution in [2.24, 2.45) is 14.1 Å². The van der Waals surface area contributed by atoms with E-state index < -0.39 is 0 Å². The topological polar surface area (TPSA) is 12.1 Å². The number of pyridine rings is 1. The van der Waals surface area contributed by atoms with Crippen molar-refractivity contribution in [3.63, 3.8) is 0 Å². The van der Waals surface area contributed by atoms with E-state index in [1.165, 1.54) is 31.5 Å². The molecular formula is C19H24N3+. The van der Waals surface area contributed by atoms with Crippen LogP contribution in [0.25, 0.3) is 0 Å². The molecule has 0 radical (unpaired) electrons. The Labute approximate surface area is 132 Å². The van der Waals surface area contributed by atoms with E-state index in [0.29, 0.717) is 11.5 Å². The lowest BCUT2D eigenvalue weighted by Gasteiger charge is -2.65. The summed E-state index contributed by atoms with van der Waals surface area (Å²) in [7, 11) is 4.41. The van der Waals surface area contributed by atoms with Crippen molar-refractivity contribution in [3.8, 4) is 0 Å². The maximum atomic E-state index is 2.75. The smallest absolute Gasteiger partial charge is 0.277 e. The lowest BCUT2D eigenvalue weighted by molar-refractivity contribution is -0.659. The summed E-state index contributed by atoms with van der Waals surface area (Å²) in [5, 5.41) is 0. The van der Waals surface area contributed by atoms with Gasteiger partial charge in [0.2, 0.25) is 0 Å². The average Bonchev–Trinajstić information content (AvgIpc) is 2.95. The quantitative estimate of drug-likeness (QED) is 0.737. The third kappa shape index (κ3) is 1.16. The molecular weight excluding hydrogens is 270 g/mol. The second-order valence-electron chi connectivity index (χ2n) is 7.59. The lowest BCUT2D eigenvalue weighted by atomic mass is 9.49. The molecule has 3 fully saturated rings. The highest BCUT2D eigenvalue weighted by Crippen LogP contribution is 2.66. The monoisotopic (exact) mass is 294 g/mol. The van der Waals surface area contributed by atoms with Gasteiger partial charge in [-0.25, -0.2) is 9.47 Å². The fourth-order valence-electron chi connectivity index (χ4n) is 5.93. The molecule has 8 rings (SSSR count). The highest BCUT2D eigenvalue weighted by molar-refractivity contribution is 5.58. The predicted octanol–water partition coefficient (Wildman–Crippen LogP) is 2.78. The summed E-state index contributed by atoms with van der Waals surface area (Å²) in [5.74, 6) is 1.37. The molecule has 2 aromatic heterocycles. The van der Waals surface area contributed by atoms with Gasteiger partial charge in [-0.3, -0.25) is 0 Å². The van der Waals surface area contributed by atoms with Crippen LogP contribution < -0.4 is 9.47 Å². The second-order valence-corrected chi connectivity index (χ2v) is 7.59. The highest BCUT2D eigenvalue weighted by atomic mass is 15.3. The highest BCUT2D eigenvalue weighted by Gasteiger charge is 2.70. The summed E-state index contributed by atoms with van der Waals surface area (Å²) in [6.45, 7) is 2.45. The van der Waals surface area contributed by atoms with E-state index in [0.717, 1.165) is 0 Å². The Morgan fingerprint density at radius 1 is 1.14 bits per heavy atom. The van der Waals surface area contributed by atoms with E-state index >= 15 is 0 Å². The van der Waals surface area contributed by atoms with Gasteiger partial charge in [0, 0.05) is 30.6 Å². The Kier molecular flexibility index (Phi) is 2.18. The standard InChI is InChI=1S/C19H24N3/c1-14-18-8-10-19(11-9-18,15-7-13-21(3)17(15)18)22(14)16-6-4-5-12-20(16)2/h4-7,12-14H,8-11H2,1-3H3/q+1. The molecule has 0 N–H and O–H groups in total.